The predicted octanol–water partition coefficient (Wildman–Crippen LogP) is 0.118. The maximum absolute atomic E-state index is 13.3. The van der Waals surface area contributed by atoms with Gasteiger partial charge in [-0.25, -0.2) is 5.84 Å². The Morgan fingerprint density at radius 1 is 1.63 bits per heavy atom. The summed E-state index contributed by atoms with van der Waals surface area (Å²) < 4.78 is 23.2. The summed E-state index contributed by atoms with van der Waals surface area (Å²) in [4.78, 5) is 20.9. The second-order valence-electron chi connectivity index (χ2n) is 3.44. The van der Waals surface area contributed by atoms with Crippen molar-refractivity contribution in [2.75, 3.05) is 13.7 Å². The standard InChI is InChI=1S/C10H12FN3O5/c1-18-5-9(10(15)13-12)19-6-2-3-8(14(16)17)7(11)4-6/h2-4,9H,5,12H2,1H3,(H,13,15). The summed E-state index contributed by atoms with van der Waals surface area (Å²) in [6.45, 7) is -0.109. The molecule has 1 rings (SSSR count). The maximum Gasteiger partial charge on any atom is 0.305 e. The molecule has 0 aliphatic heterocycles. The van der Waals surface area contributed by atoms with Gasteiger partial charge in [-0.15, -0.1) is 0 Å². The topological polar surface area (TPSA) is 117 Å². The Hall–Kier alpha value is -2.26. The lowest BCUT2D eigenvalue weighted by Crippen LogP contribution is -2.44. The molecule has 19 heavy (non-hydrogen) atoms. The first-order valence-corrected chi connectivity index (χ1v) is 5.09. The molecular weight excluding hydrogens is 261 g/mol. The molecule has 0 spiro atoms. The lowest BCUT2D eigenvalue weighted by atomic mass is 10.3. The van der Waals surface area contributed by atoms with Gasteiger partial charge < -0.3 is 9.47 Å². The van der Waals surface area contributed by atoms with Gasteiger partial charge in [-0.05, 0) is 6.07 Å². The van der Waals surface area contributed by atoms with Crippen LogP contribution in [0.3, 0.4) is 0 Å². The van der Waals surface area contributed by atoms with Gasteiger partial charge in [0.25, 0.3) is 5.91 Å². The van der Waals surface area contributed by atoms with E-state index in [1.54, 1.807) is 0 Å². The summed E-state index contributed by atoms with van der Waals surface area (Å²) in [5, 5.41) is 10.4. The minimum absolute atomic E-state index is 0.0475. The largest absolute Gasteiger partial charge is 0.478 e. The van der Waals surface area contributed by atoms with Crippen LogP contribution in [0.15, 0.2) is 18.2 Å². The lowest BCUT2D eigenvalue weighted by Gasteiger charge is -2.16. The molecule has 9 heteroatoms. The SMILES string of the molecule is COCC(Oc1ccc([N+](=O)[O-])c(F)c1)C(=O)NN. The number of carbonyl (C=O) groups excluding carboxylic acids is 1. The molecular formula is C10H12FN3O5. The van der Waals surface area contributed by atoms with Gasteiger partial charge in [-0.1, -0.05) is 0 Å². The molecule has 1 amide bonds. The predicted molar refractivity (Wildman–Crippen MR) is 61.7 cm³/mol. The van der Waals surface area contributed by atoms with Gasteiger partial charge in [-0.2, -0.15) is 4.39 Å². The Balaban J connectivity index is 2.88. The number of amides is 1. The monoisotopic (exact) mass is 273 g/mol. The number of nitrogens with two attached hydrogens (primary N) is 1. The van der Waals surface area contributed by atoms with E-state index in [4.69, 9.17) is 15.3 Å². The number of nitro benzene ring substituents is 1. The summed E-state index contributed by atoms with van der Waals surface area (Å²) in [7, 11) is 1.34. The second kappa shape index (κ2) is 6.61. The van der Waals surface area contributed by atoms with Crippen molar-refractivity contribution in [3.8, 4) is 5.75 Å². The van der Waals surface area contributed by atoms with Crippen molar-refractivity contribution in [1.82, 2.24) is 5.43 Å². The van der Waals surface area contributed by atoms with Crippen LogP contribution in [0.25, 0.3) is 0 Å². The number of hydrazine groups is 1. The Morgan fingerprint density at radius 2 is 2.32 bits per heavy atom. The van der Waals surface area contributed by atoms with Gasteiger partial charge >= 0.3 is 5.69 Å². The summed E-state index contributed by atoms with van der Waals surface area (Å²) in [6, 6.07) is 2.92. The second-order valence-corrected chi connectivity index (χ2v) is 3.44. The van der Waals surface area contributed by atoms with Crippen LogP contribution in [-0.4, -0.2) is 30.7 Å². The van der Waals surface area contributed by atoms with Crippen LogP contribution in [0.5, 0.6) is 5.75 Å². The van der Waals surface area contributed by atoms with Crippen LogP contribution in [0.2, 0.25) is 0 Å². The van der Waals surface area contributed by atoms with E-state index >= 15 is 0 Å². The quantitative estimate of drug-likeness (QED) is 0.329. The van der Waals surface area contributed by atoms with Crippen molar-refractivity contribution in [3.05, 3.63) is 34.1 Å². The van der Waals surface area contributed by atoms with Crippen molar-refractivity contribution in [2.45, 2.75) is 6.10 Å². The number of nitro groups is 1. The zero-order valence-corrected chi connectivity index (χ0v) is 9.96. The number of hydrogen-bond donors (Lipinski definition) is 2. The molecule has 0 aliphatic rings. The summed E-state index contributed by atoms with van der Waals surface area (Å²) in [5.41, 5.74) is 1.19. The molecule has 1 atom stereocenters. The van der Waals surface area contributed by atoms with Gasteiger partial charge in [0, 0.05) is 19.2 Å². The number of benzene rings is 1. The minimum atomic E-state index is -1.09. The molecule has 0 bridgehead atoms. The molecule has 0 radical (unpaired) electrons. The zero-order chi connectivity index (χ0) is 14.4. The summed E-state index contributed by atoms with van der Waals surface area (Å²) in [5.74, 6) is 3.18. The van der Waals surface area contributed by atoms with Crippen LogP contribution in [0.4, 0.5) is 10.1 Å². The summed E-state index contributed by atoms with van der Waals surface area (Å²) in [6.07, 6.45) is -1.09. The van der Waals surface area contributed by atoms with E-state index in [-0.39, 0.29) is 12.4 Å². The van der Waals surface area contributed by atoms with E-state index in [1.165, 1.54) is 13.2 Å². The number of nitrogens with zero attached hydrogens (tertiary/aromatic N) is 1. The van der Waals surface area contributed by atoms with E-state index in [9.17, 15) is 19.3 Å². The van der Waals surface area contributed by atoms with E-state index in [1.807, 2.05) is 5.43 Å². The lowest BCUT2D eigenvalue weighted by molar-refractivity contribution is -0.387. The number of ether oxygens (including phenoxy) is 2. The van der Waals surface area contributed by atoms with Crippen molar-refractivity contribution >= 4 is 11.6 Å². The smallest absolute Gasteiger partial charge is 0.305 e. The number of rotatable bonds is 6. The van der Waals surface area contributed by atoms with E-state index < -0.39 is 28.4 Å². The van der Waals surface area contributed by atoms with Crippen molar-refractivity contribution < 1.29 is 23.6 Å². The van der Waals surface area contributed by atoms with Crippen LogP contribution >= 0.6 is 0 Å². The number of carbonyl (C=O) groups is 1. The minimum Gasteiger partial charge on any atom is -0.478 e. The van der Waals surface area contributed by atoms with Crippen molar-refractivity contribution in [3.63, 3.8) is 0 Å². The third-order valence-corrected chi connectivity index (χ3v) is 2.15. The Labute approximate surface area is 107 Å². The zero-order valence-electron chi connectivity index (χ0n) is 9.96. The molecule has 1 aromatic rings. The Bertz CT molecular complexity index is 482. The molecule has 8 nitrogen and oxygen atoms in total. The van der Waals surface area contributed by atoms with Crippen molar-refractivity contribution in [2.24, 2.45) is 5.84 Å². The number of methoxy groups -OCH3 is 1. The fourth-order valence-corrected chi connectivity index (χ4v) is 1.28. The average molecular weight is 273 g/mol. The first-order valence-electron chi connectivity index (χ1n) is 5.09. The van der Waals surface area contributed by atoms with E-state index in [0.717, 1.165) is 12.1 Å². The van der Waals surface area contributed by atoms with E-state index in [0.29, 0.717) is 0 Å². The first kappa shape index (κ1) is 14.8. The number of halogens is 1. The van der Waals surface area contributed by atoms with Gasteiger partial charge in [0.2, 0.25) is 11.9 Å². The highest BCUT2D eigenvalue weighted by molar-refractivity contribution is 5.80. The molecule has 0 fully saturated rings. The van der Waals surface area contributed by atoms with Crippen LogP contribution < -0.4 is 16.0 Å². The fraction of sp³-hybridized carbons (Fsp3) is 0.300. The van der Waals surface area contributed by atoms with Gasteiger partial charge in [-0.3, -0.25) is 20.3 Å². The molecule has 0 heterocycles. The number of nitrogens with one attached hydrogen (secondary N) is 1. The molecule has 0 aliphatic carbocycles. The molecule has 3 N–H and O–H groups in total. The Kier molecular flexibility index (Phi) is 5.15. The molecule has 1 unspecified atom stereocenters. The van der Waals surface area contributed by atoms with Gasteiger partial charge in [0.1, 0.15) is 5.75 Å². The number of hydrogen-bond acceptors (Lipinski definition) is 6. The highest BCUT2D eigenvalue weighted by Crippen LogP contribution is 2.23. The first-order chi connectivity index (χ1) is 8.99. The third kappa shape index (κ3) is 3.86. The normalized spacial score (nSPS) is 11.7. The van der Waals surface area contributed by atoms with E-state index in [2.05, 4.69) is 0 Å². The van der Waals surface area contributed by atoms with Crippen LogP contribution in [0, 0.1) is 15.9 Å². The average Bonchev–Trinajstić information content (AvgIpc) is 2.37. The molecule has 0 aromatic heterocycles. The maximum atomic E-state index is 13.3. The molecule has 1 aromatic carbocycles. The molecule has 0 saturated carbocycles. The molecule has 0 saturated heterocycles. The highest BCUT2D eigenvalue weighted by Gasteiger charge is 2.21. The summed E-state index contributed by atoms with van der Waals surface area (Å²) >= 11 is 0. The van der Waals surface area contributed by atoms with Crippen molar-refractivity contribution in [1.29, 1.82) is 0 Å². The third-order valence-electron chi connectivity index (χ3n) is 2.15. The van der Waals surface area contributed by atoms with Crippen LogP contribution in [0.1, 0.15) is 0 Å². The Morgan fingerprint density at radius 3 is 2.79 bits per heavy atom. The fourth-order valence-electron chi connectivity index (χ4n) is 1.28. The highest BCUT2D eigenvalue weighted by atomic mass is 19.1. The van der Waals surface area contributed by atoms with Crippen LogP contribution in [-0.2, 0) is 9.53 Å². The molecule has 104 valence electrons. The van der Waals surface area contributed by atoms with Gasteiger partial charge in [0.15, 0.2) is 0 Å². The van der Waals surface area contributed by atoms with Gasteiger partial charge in [0.05, 0.1) is 11.5 Å².